The summed E-state index contributed by atoms with van der Waals surface area (Å²) in [4.78, 5) is 16.1. The van der Waals surface area contributed by atoms with Crippen LogP contribution in [0.3, 0.4) is 0 Å². The van der Waals surface area contributed by atoms with Crippen LogP contribution in [0.25, 0.3) is 6.08 Å². The van der Waals surface area contributed by atoms with E-state index >= 15 is 0 Å². The molecule has 4 nitrogen and oxygen atoms in total. The fourth-order valence-corrected chi connectivity index (χ4v) is 1.96. The minimum atomic E-state index is -0.356. The molecule has 0 aliphatic carbocycles. The van der Waals surface area contributed by atoms with Crippen molar-refractivity contribution in [3.8, 4) is 6.07 Å². The number of hydrogen-bond donors (Lipinski definition) is 1. The Balaban J connectivity index is 2.83. The molecule has 1 N–H and O–H groups in total. The fourth-order valence-electron chi connectivity index (χ4n) is 1.61. The van der Waals surface area contributed by atoms with Gasteiger partial charge in [0.25, 0.3) is 5.91 Å². The highest BCUT2D eigenvalue weighted by atomic mass is 79.9. The third-order valence-electron chi connectivity index (χ3n) is 2.49. The Morgan fingerprint density at radius 1 is 1.63 bits per heavy atom. The van der Waals surface area contributed by atoms with Crippen molar-refractivity contribution in [2.45, 2.75) is 32.7 Å². The summed E-state index contributed by atoms with van der Waals surface area (Å²) in [5.41, 5.74) is 0.637. The molecule has 0 spiro atoms. The van der Waals surface area contributed by atoms with Crippen LogP contribution in [0.1, 0.15) is 32.4 Å². The average molecular weight is 322 g/mol. The van der Waals surface area contributed by atoms with Crippen molar-refractivity contribution in [1.82, 2.24) is 10.3 Å². The van der Waals surface area contributed by atoms with Crippen LogP contribution in [0.15, 0.2) is 28.4 Å². The first-order valence-corrected chi connectivity index (χ1v) is 6.91. The number of amides is 1. The van der Waals surface area contributed by atoms with Gasteiger partial charge in [-0.15, -0.1) is 0 Å². The van der Waals surface area contributed by atoms with E-state index in [1.54, 1.807) is 18.2 Å². The van der Waals surface area contributed by atoms with Gasteiger partial charge in [0.1, 0.15) is 16.2 Å². The maximum absolute atomic E-state index is 11.9. The molecule has 0 unspecified atom stereocenters. The summed E-state index contributed by atoms with van der Waals surface area (Å²) in [5, 5.41) is 11.8. The molecule has 100 valence electrons. The predicted octanol–water partition coefficient (Wildman–Crippen LogP) is 3.06. The van der Waals surface area contributed by atoms with Crippen molar-refractivity contribution in [3.63, 3.8) is 0 Å². The van der Waals surface area contributed by atoms with Crippen molar-refractivity contribution < 1.29 is 4.79 Å². The molecule has 5 heteroatoms. The van der Waals surface area contributed by atoms with Crippen molar-refractivity contribution in [3.05, 3.63) is 34.1 Å². The van der Waals surface area contributed by atoms with Crippen LogP contribution in [-0.2, 0) is 4.79 Å². The predicted molar refractivity (Wildman–Crippen MR) is 78.0 cm³/mol. The molecule has 1 heterocycles. The SMILES string of the molecule is CCC[C@@H](C)NC(=O)/C(C#N)=C/c1cccc(Br)n1. The van der Waals surface area contributed by atoms with Crippen LogP contribution in [-0.4, -0.2) is 16.9 Å². The number of pyridine rings is 1. The number of carbonyl (C=O) groups excluding carboxylic acids is 1. The summed E-state index contributed by atoms with van der Waals surface area (Å²) in [7, 11) is 0. The second kappa shape index (κ2) is 7.70. The summed E-state index contributed by atoms with van der Waals surface area (Å²) in [6.07, 6.45) is 3.36. The van der Waals surface area contributed by atoms with Crippen LogP contribution >= 0.6 is 15.9 Å². The third-order valence-corrected chi connectivity index (χ3v) is 2.93. The zero-order valence-corrected chi connectivity index (χ0v) is 12.6. The summed E-state index contributed by atoms with van der Waals surface area (Å²) in [6.45, 7) is 3.98. The van der Waals surface area contributed by atoms with E-state index in [-0.39, 0.29) is 17.5 Å². The molecule has 0 saturated heterocycles. The zero-order chi connectivity index (χ0) is 14.3. The van der Waals surface area contributed by atoms with Crippen LogP contribution in [0.4, 0.5) is 0 Å². The molecule has 19 heavy (non-hydrogen) atoms. The maximum Gasteiger partial charge on any atom is 0.262 e. The van der Waals surface area contributed by atoms with Crippen molar-refractivity contribution in [2.75, 3.05) is 0 Å². The highest BCUT2D eigenvalue weighted by molar-refractivity contribution is 9.10. The molecule has 1 aromatic heterocycles. The first-order chi connectivity index (χ1) is 9.06. The lowest BCUT2D eigenvalue weighted by Gasteiger charge is -2.11. The minimum Gasteiger partial charge on any atom is -0.349 e. The molecule has 0 saturated carbocycles. The number of nitriles is 1. The molecule has 1 rings (SSSR count). The molecular formula is C14H16BrN3O. The summed E-state index contributed by atoms with van der Waals surface area (Å²) < 4.78 is 0.665. The van der Waals surface area contributed by atoms with Gasteiger partial charge in [0.2, 0.25) is 0 Å². The molecule has 0 bridgehead atoms. The average Bonchev–Trinajstić information content (AvgIpc) is 2.36. The van der Waals surface area contributed by atoms with Crippen LogP contribution in [0.5, 0.6) is 0 Å². The van der Waals surface area contributed by atoms with E-state index < -0.39 is 0 Å². The molecule has 0 aliphatic rings. The number of hydrogen-bond acceptors (Lipinski definition) is 3. The van der Waals surface area contributed by atoms with Gasteiger partial charge in [-0.05, 0) is 47.5 Å². The molecule has 1 aromatic rings. The van der Waals surface area contributed by atoms with Crippen molar-refractivity contribution in [1.29, 1.82) is 5.26 Å². The lowest BCUT2D eigenvalue weighted by Crippen LogP contribution is -2.33. The Kier molecular flexibility index (Phi) is 6.23. The van der Waals surface area contributed by atoms with E-state index in [4.69, 9.17) is 5.26 Å². The molecular weight excluding hydrogens is 306 g/mol. The van der Waals surface area contributed by atoms with Gasteiger partial charge in [0.15, 0.2) is 0 Å². The quantitative estimate of drug-likeness (QED) is 0.515. The Hall–Kier alpha value is -1.67. The fraction of sp³-hybridized carbons (Fsp3) is 0.357. The molecule has 0 fully saturated rings. The van der Waals surface area contributed by atoms with Crippen molar-refractivity contribution in [2.24, 2.45) is 0 Å². The minimum absolute atomic E-state index is 0.0599. The third kappa shape index (κ3) is 5.23. The monoisotopic (exact) mass is 321 g/mol. The number of nitrogens with one attached hydrogen (secondary N) is 1. The largest absolute Gasteiger partial charge is 0.349 e. The van der Waals surface area contributed by atoms with Crippen LogP contribution in [0.2, 0.25) is 0 Å². The smallest absolute Gasteiger partial charge is 0.262 e. The number of nitrogens with zero attached hydrogens (tertiary/aromatic N) is 2. The summed E-state index contributed by atoms with van der Waals surface area (Å²) in [5.74, 6) is -0.356. The number of halogens is 1. The second-order valence-corrected chi connectivity index (χ2v) is 5.03. The van der Waals surface area contributed by atoms with Gasteiger partial charge >= 0.3 is 0 Å². The lowest BCUT2D eigenvalue weighted by molar-refractivity contribution is -0.117. The van der Waals surface area contributed by atoms with Gasteiger partial charge < -0.3 is 5.32 Å². The van der Waals surface area contributed by atoms with Crippen LogP contribution in [0, 0.1) is 11.3 Å². The Morgan fingerprint density at radius 2 is 2.37 bits per heavy atom. The van der Waals surface area contributed by atoms with E-state index in [1.165, 1.54) is 6.08 Å². The normalized spacial score (nSPS) is 12.6. The van der Waals surface area contributed by atoms with E-state index in [0.717, 1.165) is 12.8 Å². The van der Waals surface area contributed by atoms with Gasteiger partial charge in [-0.2, -0.15) is 5.26 Å². The molecule has 1 amide bonds. The van der Waals surface area contributed by atoms with Crippen molar-refractivity contribution >= 4 is 27.9 Å². The number of rotatable bonds is 5. The standard InChI is InChI=1S/C14H16BrN3O/c1-3-5-10(2)17-14(19)11(9-16)8-12-6-4-7-13(15)18-12/h4,6-8,10H,3,5H2,1-2H3,(H,17,19)/b11-8+/t10-/m1/s1. The van der Waals surface area contributed by atoms with E-state index in [0.29, 0.717) is 10.3 Å². The van der Waals surface area contributed by atoms with Gasteiger partial charge in [0, 0.05) is 6.04 Å². The maximum atomic E-state index is 11.9. The summed E-state index contributed by atoms with van der Waals surface area (Å²) >= 11 is 3.25. The first kappa shape index (κ1) is 15.4. The van der Waals surface area contributed by atoms with Gasteiger partial charge in [-0.1, -0.05) is 19.4 Å². The van der Waals surface area contributed by atoms with E-state index in [9.17, 15) is 4.79 Å². The van der Waals surface area contributed by atoms with Gasteiger partial charge in [0.05, 0.1) is 5.69 Å². The Bertz CT molecular complexity index is 520. The lowest BCUT2D eigenvalue weighted by atomic mass is 10.1. The van der Waals surface area contributed by atoms with E-state index in [1.807, 2.05) is 13.0 Å². The number of aromatic nitrogens is 1. The first-order valence-electron chi connectivity index (χ1n) is 6.12. The highest BCUT2D eigenvalue weighted by Gasteiger charge is 2.12. The number of carbonyl (C=O) groups is 1. The molecule has 0 aliphatic heterocycles. The molecule has 0 radical (unpaired) electrons. The Labute approximate surface area is 121 Å². The summed E-state index contributed by atoms with van der Waals surface area (Å²) in [6, 6.07) is 7.30. The van der Waals surface area contributed by atoms with Gasteiger partial charge in [-0.25, -0.2) is 4.98 Å². The highest BCUT2D eigenvalue weighted by Crippen LogP contribution is 2.10. The van der Waals surface area contributed by atoms with Crippen LogP contribution < -0.4 is 5.32 Å². The van der Waals surface area contributed by atoms with E-state index in [2.05, 4.69) is 33.2 Å². The molecule has 1 atom stereocenters. The Morgan fingerprint density at radius 3 is 2.95 bits per heavy atom. The zero-order valence-electron chi connectivity index (χ0n) is 11.0. The molecule has 0 aromatic carbocycles. The van der Waals surface area contributed by atoms with Gasteiger partial charge in [-0.3, -0.25) is 4.79 Å². The topological polar surface area (TPSA) is 65.8 Å². The second-order valence-electron chi connectivity index (χ2n) is 4.22.